The number of nitrogens with zero attached hydrogens (tertiary/aromatic N) is 2. The van der Waals surface area contributed by atoms with Gasteiger partial charge in [0.05, 0.1) is 30.0 Å². The molecule has 5 rings (SSSR count). The number of imidazole rings is 1. The van der Waals surface area contributed by atoms with Crippen molar-refractivity contribution in [3.63, 3.8) is 0 Å². The molecule has 3 heterocycles. The molecule has 2 amide bonds. The van der Waals surface area contributed by atoms with Crippen molar-refractivity contribution in [2.24, 2.45) is 0 Å². The van der Waals surface area contributed by atoms with Gasteiger partial charge in [0.25, 0.3) is 0 Å². The minimum Gasteiger partial charge on any atom is -0.388 e. The van der Waals surface area contributed by atoms with E-state index in [9.17, 15) is 9.90 Å². The van der Waals surface area contributed by atoms with E-state index in [0.29, 0.717) is 12.3 Å². The number of carbonyl (C=O) groups excluding carboxylic acids is 1. The molecule has 2 aliphatic heterocycles. The largest absolute Gasteiger partial charge is 0.388 e. The molecule has 2 fully saturated rings. The SMILES string of the molecule is O=C(Nc1ccccc1)NC1C2COC(O2)C(n2cnc3ccccc32)C1O. The van der Waals surface area contributed by atoms with Crippen molar-refractivity contribution in [1.82, 2.24) is 14.9 Å². The molecule has 2 aliphatic rings. The Morgan fingerprint density at radius 2 is 1.93 bits per heavy atom. The normalized spacial score (nSPS) is 29.0. The summed E-state index contributed by atoms with van der Waals surface area (Å²) >= 11 is 0. The summed E-state index contributed by atoms with van der Waals surface area (Å²) in [6.45, 7) is 0.307. The second-order valence-corrected chi connectivity index (χ2v) is 6.99. The zero-order valence-electron chi connectivity index (χ0n) is 14.9. The van der Waals surface area contributed by atoms with Crippen LogP contribution in [0.15, 0.2) is 60.9 Å². The van der Waals surface area contributed by atoms with E-state index in [1.54, 1.807) is 18.5 Å². The quantitative estimate of drug-likeness (QED) is 0.645. The van der Waals surface area contributed by atoms with Gasteiger partial charge in [-0.3, -0.25) is 0 Å². The lowest BCUT2D eigenvalue weighted by molar-refractivity contribution is -0.162. The number of hydrogen-bond donors (Lipinski definition) is 3. The van der Waals surface area contributed by atoms with Gasteiger partial charge in [0.1, 0.15) is 18.2 Å². The van der Waals surface area contributed by atoms with Crippen LogP contribution in [-0.4, -0.2) is 51.8 Å². The molecule has 144 valence electrons. The van der Waals surface area contributed by atoms with E-state index in [1.807, 2.05) is 47.0 Å². The van der Waals surface area contributed by atoms with E-state index in [2.05, 4.69) is 15.6 Å². The number of urea groups is 1. The molecule has 2 saturated heterocycles. The van der Waals surface area contributed by atoms with Crippen molar-refractivity contribution in [1.29, 1.82) is 0 Å². The van der Waals surface area contributed by atoms with Crippen LogP contribution in [0, 0.1) is 0 Å². The average Bonchev–Trinajstić information content (AvgIpc) is 3.33. The summed E-state index contributed by atoms with van der Waals surface area (Å²) in [4.78, 5) is 16.9. The number of ether oxygens (including phenoxy) is 2. The highest BCUT2D eigenvalue weighted by Gasteiger charge is 2.51. The highest BCUT2D eigenvalue weighted by molar-refractivity contribution is 5.89. The Kier molecular flexibility index (Phi) is 4.23. The number of anilines is 1. The lowest BCUT2D eigenvalue weighted by atomic mass is 9.96. The molecule has 28 heavy (non-hydrogen) atoms. The maximum atomic E-state index is 12.5. The van der Waals surface area contributed by atoms with Crippen LogP contribution in [0.1, 0.15) is 6.04 Å². The Labute approximate surface area is 161 Å². The van der Waals surface area contributed by atoms with Crippen molar-refractivity contribution in [3.8, 4) is 0 Å². The Balaban J connectivity index is 1.39. The number of fused-ring (bicyclic) bond motifs is 3. The first-order chi connectivity index (χ1) is 13.7. The zero-order chi connectivity index (χ0) is 19.1. The summed E-state index contributed by atoms with van der Waals surface area (Å²) < 4.78 is 13.6. The van der Waals surface area contributed by atoms with Crippen LogP contribution in [0.3, 0.4) is 0 Å². The van der Waals surface area contributed by atoms with Gasteiger partial charge in [-0.25, -0.2) is 9.78 Å². The monoisotopic (exact) mass is 380 g/mol. The highest BCUT2D eigenvalue weighted by atomic mass is 16.7. The maximum Gasteiger partial charge on any atom is 0.319 e. The summed E-state index contributed by atoms with van der Waals surface area (Å²) in [5, 5.41) is 16.7. The van der Waals surface area contributed by atoms with Gasteiger partial charge in [-0.2, -0.15) is 0 Å². The highest BCUT2D eigenvalue weighted by Crippen LogP contribution is 2.37. The van der Waals surface area contributed by atoms with Crippen LogP contribution < -0.4 is 10.6 Å². The van der Waals surface area contributed by atoms with Gasteiger partial charge in [0.15, 0.2) is 6.29 Å². The maximum absolute atomic E-state index is 12.5. The molecule has 8 heteroatoms. The fraction of sp³-hybridized carbons (Fsp3) is 0.300. The number of nitrogens with one attached hydrogen (secondary N) is 2. The third-order valence-electron chi connectivity index (χ3n) is 5.26. The third kappa shape index (κ3) is 2.91. The van der Waals surface area contributed by atoms with E-state index >= 15 is 0 Å². The number of aliphatic hydroxyl groups is 1. The van der Waals surface area contributed by atoms with Crippen molar-refractivity contribution in [2.75, 3.05) is 11.9 Å². The Hall–Kier alpha value is -2.94. The van der Waals surface area contributed by atoms with E-state index in [-0.39, 0.29) is 0 Å². The van der Waals surface area contributed by atoms with E-state index in [1.165, 1.54) is 0 Å². The number of amides is 2. The summed E-state index contributed by atoms with van der Waals surface area (Å²) in [5.41, 5.74) is 2.36. The minimum atomic E-state index is -0.898. The van der Waals surface area contributed by atoms with Crippen molar-refractivity contribution in [2.45, 2.75) is 30.6 Å². The molecule has 0 aliphatic carbocycles. The summed E-state index contributed by atoms with van der Waals surface area (Å²) in [7, 11) is 0. The first kappa shape index (κ1) is 17.2. The first-order valence-electron chi connectivity index (χ1n) is 9.20. The topological polar surface area (TPSA) is 97.6 Å². The van der Waals surface area contributed by atoms with Crippen molar-refractivity contribution < 1.29 is 19.4 Å². The fourth-order valence-electron chi connectivity index (χ4n) is 3.93. The van der Waals surface area contributed by atoms with Crippen LogP contribution in [0.4, 0.5) is 10.5 Å². The molecular formula is C20H20N4O4. The van der Waals surface area contributed by atoms with Crippen molar-refractivity contribution in [3.05, 3.63) is 60.9 Å². The number of aliphatic hydroxyl groups excluding tert-OH is 1. The lowest BCUT2D eigenvalue weighted by Gasteiger charge is -2.39. The van der Waals surface area contributed by atoms with Crippen LogP contribution in [0.5, 0.6) is 0 Å². The first-order valence-corrected chi connectivity index (χ1v) is 9.20. The van der Waals surface area contributed by atoms with Crippen LogP contribution in [-0.2, 0) is 9.47 Å². The Bertz CT molecular complexity index is 992. The lowest BCUT2D eigenvalue weighted by Crippen LogP contribution is -2.59. The molecular weight excluding hydrogens is 360 g/mol. The molecule has 5 atom stereocenters. The summed E-state index contributed by atoms with van der Waals surface area (Å²) in [5.74, 6) is 0. The Morgan fingerprint density at radius 1 is 1.14 bits per heavy atom. The van der Waals surface area contributed by atoms with Crippen LogP contribution in [0.2, 0.25) is 0 Å². The van der Waals surface area contributed by atoms with Crippen LogP contribution >= 0.6 is 0 Å². The van der Waals surface area contributed by atoms with Gasteiger partial charge < -0.3 is 29.8 Å². The minimum absolute atomic E-state index is 0.307. The number of carbonyl (C=O) groups is 1. The second kappa shape index (κ2) is 6.90. The van der Waals surface area contributed by atoms with Gasteiger partial charge in [0.2, 0.25) is 0 Å². The van der Waals surface area contributed by atoms with Gasteiger partial charge in [0, 0.05) is 5.69 Å². The fourth-order valence-corrected chi connectivity index (χ4v) is 3.93. The number of rotatable bonds is 3. The van der Waals surface area contributed by atoms with Crippen molar-refractivity contribution >= 4 is 22.8 Å². The molecule has 2 bridgehead atoms. The standard InChI is InChI=1S/C20H20N4O4/c25-18-16(23-20(26)22-12-6-2-1-3-7-12)15-10-27-19(28-15)17(18)24-11-21-13-8-4-5-9-14(13)24/h1-9,11,15-19,25H,10H2,(H2,22,23,26). The number of benzene rings is 2. The number of aromatic nitrogens is 2. The predicted molar refractivity (Wildman–Crippen MR) is 102 cm³/mol. The van der Waals surface area contributed by atoms with E-state index in [4.69, 9.17) is 9.47 Å². The van der Waals surface area contributed by atoms with Gasteiger partial charge in [-0.1, -0.05) is 30.3 Å². The predicted octanol–water partition coefficient (Wildman–Crippen LogP) is 1.88. The smallest absolute Gasteiger partial charge is 0.319 e. The summed E-state index contributed by atoms with van der Waals surface area (Å²) in [6.07, 6.45) is -0.226. The van der Waals surface area contributed by atoms with Gasteiger partial charge in [-0.15, -0.1) is 0 Å². The molecule has 8 nitrogen and oxygen atoms in total. The van der Waals surface area contributed by atoms with E-state index < -0.39 is 36.6 Å². The average molecular weight is 380 g/mol. The summed E-state index contributed by atoms with van der Waals surface area (Å²) in [6, 6.07) is 15.3. The molecule has 1 aromatic heterocycles. The Morgan fingerprint density at radius 3 is 2.79 bits per heavy atom. The molecule has 3 N–H and O–H groups in total. The molecule has 3 aromatic rings. The molecule has 0 spiro atoms. The molecule has 0 saturated carbocycles. The molecule has 5 unspecified atom stereocenters. The van der Waals surface area contributed by atoms with E-state index in [0.717, 1.165) is 11.0 Å². The van der Waals surface area contributed by atoms with Gasteiger partial charge >= 0.3 is 6.03 Å². The van der Waals surface area contributed by atoms with Gasteiger partial charge in [-0.05, 0) is 24.3 Å². The number of para-hydroxylation sites is 3. The number of hydrogen-bond acceptors (Lipinski definition) is 5. The third-order valence-corrected chi connectivity index (χ3v) is 5.26. The molecule has 0 radical (unpaired) electrons. The second-order valence-electron chi connectivity index (χ2n) is 6.99. The van der Waals surface area contributed by atoms with Crippen LogP contribution in [0.25, 0.3) is 11.0 Å². The zero-order valence-corrected chi connectivity index (χ0v) is 14.9. The molecule has 2 aromatic carbocycles.